The first-order valence-corrected chi connectivity index (χ1v) is 14.1. The molecule has 1 amide bonds. The van der Waals surface area contributed by atoms with Crippen molar-refractivity contribution in [2.24, 2.45) is 0 Å². The molecule has 35 heavy (non-hydrogen) atoms. The van der Waals surface area contributed by atoms with Gasteiger partial charge in [-0.1, -0.05) is 61.4 Å². The molecule has 13 heteroatoms. The fourth-order valence-corrected chi connectivity index (χ4v) is 5.87. The lowest BCUT2D eigenvalue weighted by Crippen LogP contribution is -2.27. The first kappa shape index (κ1) is 27.5. The summed E-state index contributed by atoms with van der Waals surface area (Å²) in [7, 11) is -12.0. The summed E-state index contributed by atoms with van der Waals surface area (Å²) in [6.45, 7) is -0.0624. The normalized spacial score (nSPS) is 15.2. The number of hydrogen-bond donors (Lipinski definition) is 4. The molecule has 4 N–H and O–H groups in total. The van der Waals surface area contributed by atoms with E-state index in [1.54, 1.807) is 0 Å². The van der Waals surface area contributed by atoms with Gasteiger partial charge in [0.05, 0.1) is 6.61 Å². The van der Waals surface area contributed by atoms with Crippen LogP contribution in [0, 0.1) is 0 Å². The number of unbranched alkanes of at least 4 members (excludes halogenated alkanes) is 3. The highest BCUT2D eigenvalue weighted by molar-refractivity contribution is 7.72. The number of carbonyl (C=O) groups is 1. The molecule has 9 nitrogen and oxygen atoms in total. The first-order chi connectivity index (χ1) is 16.5. The highest BCUT2D eigenvalue weighted by Gasteiger charge is 2.64. The van der Waals surface area contributed by atoms with E-state index in [2.05, 4.69) is 9.84 Å². The Kier molecular flexibility index (Phi) is 8.86. The maximum absolute atomic E-state index is 13.3. The average Bonchev–Trinajstić information content (AvgIpc) is 3.12. The zero-order valence-corrected chi connectivity index (χ0v) is 20.5. The minimum Gasteiger partial charge on any atom is -0.449 e. The molecule has 3 rings (SSSR count). The van der Waals surface area contributed by atoms with Crippen molar-refractivity contribution < 1.29 is 46.6 Å². The third kappa shape index (κ3) is 6.36. The van der Waals surface area contributed by atoms with Gasteiger partial charge in [-0.2, -0.15) is 8.78 Å². The highest BCUT2D eigenvalue weighted by Crippen LogP contribution is 2.73. The van der Waals surface area contributed by atoms with Gasteiger partial charge in [-0.25, -0.2) is 4.79 Å². The Morgan fingerprint density at radius 2 is 1.46 bits per heavy atom. The van der Waals surface area contributed by atoms with Crippen molar-refractivity contribution in [1.29, 1.82) is 0 Å². The van der Waals surface area contributed by atoms with Crippen LogP contribution in [0.25, 0.3) is 11.1 Å². The Labute approximate surface area is 201 Å². The smallest absolute Gasteiger partial charge is 0.443 e. The predicted octanol–water partition coefficient (Wildman–Crippen LogP) is 5.02. The molecule has 0 saturated carbocycles. The average molecular weight is 533 g/mol. The van der Waals surface area contributed by atoms with Crippen molar-refractivity contribution in [2.45, 2.75) is 37.0 Å². The lowest BCUT2D eigenvalue weighted by molar-refractivity contribution is 0.0916. The van der Waals surface area contributed by atoms with Gasteiger partial charge >= 0.3 is 26.7 Å². The molecule has 0 bridgehead atoms. The molecule has 0 spiro atoms. The topological polar surface area (TPSA) is 142 Å². The van der Waals surface area contributed by atoms with Gasteiger partial charge in [-0.3, -0.25) is 9.13 Å². The summed E-state index contributed by atoms with van der Waals surface area (Å²) >= 11 is 0. The van der Waals surface area contributed by atoms with E-state index >= 15 is 0 Å². The van der Waals surface area contributed by atoms with Crippen molar-refractivity contribution in [3.05, 3.63) is 59.7 Å². The van der Waals surface area contributed by atoms with Crippen LogP contribution >= 0.6 is 15.2 Å². The summed E-state index contributed by atoms with van der Waals surface area (Å²) in [5, 5.41) is -2.52. The van der Waals surface area contributed by atoms with Gasteiger partial charge < -0.3 is 29.3 Å². The molecular formula is C22H27F2NO8P2. The van der Waals surface area contributed by atoms with E-state index in [9.17, 15) is 22.7 Å². The maximum atomic E-state index is 13.3. The number of amides is 1. The van der Waals surface area contributed by atoms with Crippen LogP contribution < -0.4 is 5.32 Å². The summed E-state index contributed by atoms with van der Waals surface area (Å²) in [5.41, 5.74) is 4.47. The van der Waals surface area contributed by atoms with Crippen LogP contribution in [0.3, 0.4) is 0 Å². The summed E-state index contributed by atoms with van der Waals surface area (Å²) in [6.07, 6.45) is 1.08. The highest BCUT2D eigenvalue weighted by atomic mass is 31.2. The molecule has 0 fully saturated rings. The monoisotopic (exact) mass is 533 g/mol. The molecule has 0 heterocycles. The number of halogens is 2. The molecular weight excluding hydrogens is 506 g/mol. The summed E-state index contributed by atoms with van der Waals surface area (Å²) < 4.78 is 58.3. The molecule has 2 aromatic carbocycles. The minimum atomic E-state index is -6.14. The zero-order valence-electron chi connectivity index (χ0n) is 18.7. The Bertz CT molecular complexity index is 1090. The molecule has 2 aromatic rings. The van der Waals surface area contributed by atoms with E-state index in [4.69, 9.17) is 19.4 Å². The van der Waals surface area contributed by atoms with Gasteiger partial charge in [-0.05, 0) is 35.1 Å². The van der Waals surface area contributed by atoms with Gasteiger partial charge in [0, 0.05) is 12.5 Å². The van der Waals surface area contributed by atoms with Crippen LogP contribution in [0.2, 0.25) is 0 Å². The van der Waals surface area contributed by atoms with Crippen LogP contribution in [0.4, 0.5) is 13.6 Å². The minimum absolute atomic E-state index is 0.0476. The van der Waals surface area contributed by atoms with E-state index in [-0.39, 0.29) is 18.9 Å². The van der Waals surface area contributed by atoms with Crippen LogP contribution in [-0.2, 0) is 18.4 Å². The molecule has 1 unspecified atom stereocenters. The fourth-order valence-electron chi connectivity index (χ4n) is 3.85. The van der Waals surface area contributed by atoms with Crippen molar-refractivity contribution in [3.63, 3.8) is 0 Å². The summed E-state index contributed by atoms with van der Waals surface area (Å²) in [5.74, 6) is -0.0476. The van der Waals surface area contributed by atoms with E-state index in [0.29, 0.717) is 25.8 Å². The van der Waals surface area contributed by atoms with Gasteiger partial charge in [0.2, 0.25) is 0 Å². The SMILES string of the molecule is O=C(NCCCCCCOP(=O)(O)C(F)(F)P(=O)(O)O)OCC1c2ccccc2-c2ccccc21. The van der Waals surface area contributed by atoms with Crippen molar-refractivity contribution in [3.8, 4) is 11.1 Å². The third-order valence-electron chi connectivity index (χ3n) is 5.64. The predicted molar refractivity (Wildman–Crippen MR) is 124 cm³/mol. The number of hydrogen-bond acceptors (Lipinski definition) is 5. The second-order valence-electron chi connectivity index (χ2n) is 8.07. The Balaban J connectivity index is 1.32. The van der Waals surface area contributed by atoms with Crippen LogP contribution in [-0.4, -0.2) is 45.9 Å². The largest absolute Gasteiger partial charge is 0.449 e. The number of alkyl carbamates (subject to hydrolysis) is 1. The summed E-state index contributed by atoms with van der Waals surface area (Å²) in [6, 6.07) is 16.0. The van der Waals surface area contributed by atoms with Crippen LogP contribution in [0.5, 0.6) is 0 Å². The molecule has 0 aromatic heterocycles. The van der Waals surface area contributed by atoms with Gasteiger partial charge in [0.15, 0.2) is 0 Å². The van der Waals surface area contributed by atoms with Gasteiger partial charge in [0.25, 0.3) is 0 Å². The Morgan fingerprint density at radius 3 is 2.03 bits per heavy atom. The zero-order chi connectivity index (χ0) is 25.7. The fraction of sp³-hybridized carbons (Fsp3) is 0.409. The van der Waals surface area contributed by atoms with E-state index < -0.39 is 33.3 Å². The van der Waals surface area contributed by atoms with Gasteiger partial charge in [0.1, 0.15) is 6.61 Å². The number of benzene rings is 2. The van der Waals surface area contributed by atoms with Crippen LogP contribution in [0.15, 0.2) is 48.5 Å². The molecule has 0 aliphatic heterocycles. The quantitative estimate of drug-likeness (QED) is 0.220. The van der Waals surface area contributed by atoms with E-state index in [0.717, 1.165) is 22.3 Å². The van der Waals surface area contributed by atoms with E-state index in [1.807, 2.05) is 48.5 Å². The lowest BCUT2D eigenvalue weighted by Gasteiger charge is -2.22. The van der Waals surface area contributed by atoms with Crippen molar-refractivity contribution in [2.75, 3.05) is 19.8 Å². The maximum Gasteiger partial charge on any atom is 0.443 e. The number of alkyl halides is 2. The molecule has 1 aliphatic rings. The number of carbonyl (C=O) groups excluding carboxylic acids is 1. The molecule has 1 aliphatic carbocycles. The molecule has 1 atom stereocenters. The van der Waals surface area contributed by atoms with E-state index in [1.165, 1.54) is 0 Å². The molecule has 192 valence electrons. The number of nitrogens with one attached hydrogen (secondary N) is 1. The summed E-state index contributed by atoms with van der Waals surface area (Å²) in [4.78, 5) is 38.3. The number of fused-ring (bicyclic) bond motifs is 3. The molecule has 0 saturated heterocycles. The standard InChI is InChI=1S/C22H27F2NO8P2/c23-22(24,34(27,28)29)35(30,31)33-14-8-2-1-7-13-25-21(26)32-15-20-18-11-5-3-9-16(18)17-10-4-6-12-19(17)20/h3-6,9-12,20H,1-2,7-8,13-15H2,(H,25,26)(H,30,31)(H2,27,28,29). The first-order valence-electron chi connectivity index (χ1n) is 11.0. The number of ether oxygens (including phenoxy) is 1. The van der Waals surface area contributed by atoms with Crippen molar-refractivity contribution in [1.82, 2.24) is 5.32 Å². The van der Waals surface area contributed by atoms with Crippen molar-refractivity contribution >= 4 is 21.3 Å². The molecule has 0 radical (unpaired) electrons. The lowest BCUT2D eigenvalue weighted by atomic mass is 9.98. The number of rotatable bonds is 12. The Hall–Kier alpha value is -2.13. The second kappa shape index (κ2) is 11.3. The second-order valence-corrected chi connectivity index (χ2v) is 11.9. The Morgan fingerprint density at radius 1 is 0.914 bits per heavy atom. The van der Waals surface area contributed by atoms with Crippen LogP contribution in [0.1, 0.15) is 42.7 Å². The third-order valence-corrected chi connectivity index (χ3v) is 9.09. The van der Waals surface area contributed by atoms with Gasteiger partial charge in [-0.15, -0.1) is 0 Å².